The van der Waals surface area contributed by atoms with E-state index in [0.29, 0.717) is 11.6 Å². The summed E-state index contributed by atoms with van der Waals surface area (Å²) in [6.45, 7) is 6.09. The van der Waals surface area contributed by atoms with Crippen LogP contribution in [-0.2, 0) is 4.79 Å². The highest BCUT2D eigenvalue weighted by molar-refractivity contribution is 8.00. The van der Waals surface area contributed by atoms with Gasteiger partial charge in [0.05, 0.1) is 5.25 Å². The van der Waals surface area contributed by atoms with Crippen LogP contribution in [0, 0.1) is 0 Å². The van der Waals surface area contributed by atoms with Gasteiger partial charge in [-0.05, 0) is 30.7 Å². The lowest BCUT2D eigenvalue weighted by atomic mass is 10.3. The van der Waals surface area contributed by atoms with Gasteiger partial charge in [0.15, 0.2) is 0 Å². The second-order valence-electron chi connectivity index (χ2n) is 3.50. The number of hydrogen-bond donors (Lipinski definition) is 1. The van der Waals surface area contributed by atoms with Crippen LogP contribution in [0.1, 0.15) is 13.3 Å². The molecule has 0 aliphatic heterocycles. The molecular formula is C13H16ClNOS. The fourth-order valence-corrected chi connectivity index (χ4v) is 2.39. The van der Waals surface area contributed by atoms with Gasteiger partial charge in [0.25, 0.3) is 0 Å². The molecular weight excluding hydrogens is 254 g/mol. The van der Waals surface area contributed by atoms with Gasteiger partial charge in [-0.25, -0.2) is 0 Å². The second kappa shape index (κ2) is 7.41. The quantitative estimate of drug-likeness (QED) is 0.632. The van der Waals surface area contributed by atoms with Gasteiger partial charge in [-0.3, -0.25) is 4.79 Å². The van der Waals surface area contributed by atoms with E-state index in [1.165, 1.54) is 0 Å². The van der Waals surface area contributed by atoms with E-state index in [0.717, 1.165) is 11.3 Å². The van der Waals surface area contributed by atoms with Crippen molar-refractivity contribution >= 4 is 29.3 Å². The minimum atomic E-state index is -0.0730. The Balaban J connectivity index is 2.59. The molecule has 17 heavy (non-hydrogen) atoms. The van der Waals surface area contributed by atoms with E-state index in [1.54, 1.807) is 17.8 Å². The number of benzene rings is 1. The molecule has 1 aromatic carbocycles. The molecule has 0 saturated carbocycles. The summed E-state index contributed by atoms with van der Waals surface area (Å²) in [5, 5.41) is 3.45. The monoisotopic (exact) mass is 269 g/mol. The predicted octanol–water partition coefficient (Wildman–Crippen LogP) is 3.51. The third-order valence-electron chi connectivity index (χ3n) is 2.18. The third-order valence-corrected chi connectivity index (χ3v) is 3.80. The van der Waals surface area contributed by atoms with Gasteiger partial charge in [-0.15, -0.1) is 18.3 Å². The van der Waals surface area contributed by atoms with Crippen LogP contribution in [0.25, 0.3) is 0 Å². The lowest BCUT2D eigenvalue weighted by Gasteiger charge is -2.13. The second-order valence-corrected chi connectivity index (χ2v) is 5.22. The molecule has 0 heterocycles. The Bertz CT molecular complexity index is 378. The molecule has 0 spiro atoms. The molecule has 1 aromatic rings. The highest BCUT2D eigenvalue weighted by atomic mass is 35.5. The molecule has 0 fully saturated rings. The third kappa shape index (κ3) is 4.84. The maximum absolute atomic E-state index is 11.8. The Kier molecular flexibility index (Phi) is 6.16. The summed E-state index contributed by atoms with van der Waals surface area (Å²) in [5.41, 5.74) is 0. The maximum Gasteiger partial charge on any atom is 0.233 e. The normalized spacial score (nSPS) is 11.9. The zero-order valence-electron chi connectivity index (χ0n) is 9.78. The van der Waals surface area contributed by atoms with Crippen molar-refractivity contribution in [3.8, 4) is 0 Å². The van der Waals surface area contributed by atoms with Gasteiger partial charge in [0.1, 0.15) is 0 Å². The molecule has 0 bridgehead atoms. The van der Waals surface area contributed by atoms with E-state index in [9.17, 15) is 4.79 Å². The Labute approximate surface area is 111 Å². The Morgan fingerprint density at radius 3 is 2.71 bits per heavy atom. The number of thioether (sulfide) groups is 1. The number of hydrogen-bond acceptors (Lipinski definition) is 2. The molecule has 0 unspecified atom stereocenters. The fraction of sp³-hybridized carbons (Fsp3) is 0.308. The van der Waals surface area contributed by atoms with E-state index in [-0.39, 0.29) is 11.2 Å². The summed E-state index contributed by atoms with van der Waals surface area (Å²) < 4.78 is 0. The smallest absolute Gasteiger partial charge is 0.233 e. The fourth-order valence-electron chi connectivity index (χ4n) is 1.29. The van der Waals surface area contributed by atoms with E-state index in [1.807, 2.05) is 31.2 Å². The van der Waals surface area contributed by atoms with Crippen LogP contribution in [0.3, 0.4) is 0 Å². The summed E-state index contributed by atoms with van der Waals surface area (Å²) >= 11 is 7.36. The van der Waals surface area contributed by atoms with Crippen LogP contribution in [0.4, 0.5) is 0 Å². The zero-order chi connectivity index (χ0) is 12.7. The first-order valence-corrected chi connectivity index (χ1v) is 6.74. The average molecular weight is 270 g/mol. The first-order chi connectivity index (χ1) is 8.17. The highest BCUT2D eigenvalue weighted by Gasteiger charge is 2.16. The molecule has 1 rings (SSSR count). The van der Waals surface area contributed by atoms with Crippen molar-refractivity contribution in [2.75, 3.05) is 6.54 Å². The van der Waals surface area contributed by atoms with E-state index in [2.05, 4.69) is 11.9 Å². The molecule has 1 N–H and O–H groups in total. The predicted molar refractivity (Wildman–Crippen MR) is 74.6 cm³/mol. The Morgan fingerprint density at radius 1 is 1.53 bits per heavy atom. The van der Waals surface area contributed by atoms with Gasteiger partial charge < -0.3 is 5.32 Å². The first kappa shape index (κ1) is 14.1. The molecule has 0 radical (unpaired) electrons. The molecule has 0 saturated heterocycles. The minimum Gasteiger partial charge on any atom is -0.352 e. The Hall–Kier alpha value is -0.930. The number of rotatable bonds is 6. The molecule has 4 heteroatoms. The Morgan fingerprint density at radius 2 is 2.18 bits per heavy atom. The largest absolute Gasteiger partial charge is 0.352 e. The topological polar surface area (TPSA) is 29.1 Å². The summed E-state index contributed by atoms with van der Waals surface area (Å²) in [6.07, 6.45) is 2.47. The van der Waals surface area contributed by atoms with Crippen molar-refractivity contribution in [2.24, 2.45) is 0 Å². The van der Waals surface area contributed by atoms with Gasteiger partial charge >= 0.3 is 0 Å². The molecule has 1 amide bonds. The van der Waals surface area contributed by atoms with Crippen LogP contribution < -0.4 is 5.32 Å². The maximum atomic E-state index is 11.8. The molecule has 0 aliphatic carbocycles. The van der Waals surface area contributed by atoms with Crippen molar-refractivity contribution in [3.63, 3.8) is 0 Å². The van der Waals surface area contributed by atoms with Crippen molar-refractivity contribution in [1.82, 2.24) is 5.32 Å². The van der Waals surface area contributed by atoms with Gasteiger partial charge in [0, 0.05) is 16.5 Å². The summed E-state index contributed by atoms with van der Waals surface area (Å²) in [5.74, 6) is 0.0485. The van der Waals surface area contributed by atoms with Crippen molar-refractivity contribution < 1.29 is 4.79 Å². The van der Waals surface area contributed by atoms with Crippen molar-refractivity contribution in [3.05, 3.63) is 41.9 Å². The number of carbonyl (C=O) groups excluding carboxylic acids is 1. The number of carbonyl (C=O) groups is 1. The number of amides is 1. The highest BCUT2D eigenvalue weighted by Crippen LogP contribution is 2.26. The molecule has 0 aliphatic rings. The number of halogens is 1. The zero-order valence-corrected chi connectivity index (χ0v) is 11.4. The van der Waals surface area contributed by atoms with Gasteiger partial charge in [-0.2, -0.15) is 0 Å². The van der Waals surface area contributed by atoms with Crippen LogP contribution in [-0.4, -0.2) is 17.7 Å². The number of nitrogens with one attached hydrogen (secondary N) is 1. The van der Waals surface area contributed by atoms with E-state index < -0.39 is 0 Å². The summed E-state index contributed by atoms with van der Waals surface area (Å²) in [7, 11) is 0. The van der Waals surface area contributed by atoms with Crippen LogP contribution in [0.15, 0.2) is 41.8 Å². The van der Waals surface area contributed by atoms with Gasteiger partial charge in [-0.1, -0.05) is 24.6 Å². The molecule has 92 valence electrons. The average Bonchev–Trinajstić information content (AvgIpc) is 2.35. The van der Waals surface area contributed by atoms with Crippen LogP contribution >= 0.6 is 23.4 Å². The van der Waals surface area contributed by atoms with E-state index >= 15 is 0 Å². The first-order valence-electron chi connectivity index (χ1n) is 5.48. The lowest BCUT2D eigenvalue weighted by Crippen LogP contribution is -2.32. The van der Waals surface area contributed by atoms with Gasteiger partial charge in [0.2, 0.25) is 5.91 Å². The van der Waals surface area contributed by atoms with Crippen LogP contribution in [0.2, 0.25) is 5.02 Å². The SMILES string of the molecule is C=CCNC(=O)[C@@H](CC)Sc1ccc(Cl)cc1. The lowest BCUT2D eigenvalue weighted by molar-refractivity contribution is -0.120. The van der Waals surface area contributed by atoms with Crippen LogP contribution in [0.5, 0.6) is 0 Å². The van der Waals surface area contributed by atoms with Crippen molar-refractivity contribution in [2.45, 2.75) is 23.5 Å². The van der Waals surface area contributed by atoms with E-state index in [4.69, 9.17) is 11.6 Å². The molecule has 1 atom stereocenters. The standard InChI is InChI=1S/C13H16ClNOS/c1-3-9-15-13(16)12(4-2)17-11-7-5-10(14)6-8-11/h3,5-8,12H,1,4,9H2,2H3,(H,15,16)/t12-/m1/s1. The molecule has 0 aromatic heterocycles. The minimum absolute atomic E-state index is 0.0485. The van der Waals surface area contributed by atoms with Crippen molar-refractivity contribution in [1.29, 1.82) is 0 Å². The summed E-state index contributed by atoms with van der Waals surface area (Å²) in [4.78, 5) is 12.8. The summed E-state index contributed by atoms with van der Waals surface area (Å²) in [6, 6.07) is 7.52. The molecule has 2 nitrogen and oxygen atoms in total.